The maximum Gasteiger partial charge on any atom is 0.259 e. The van der Waals surface area contributed by atoms with Crippen molar-refractivity contribution >= 4 is 21.6 Å². The Morgan fingerprint density at radius 2 is 1.90 bits per heavy atom. The molecule has 3 aromatic rings. The number of hydrogen-bond donors (Lipinski definition) is 1. The van der Waals surface area contributed by atoms with E-state index in [0.29, 0.717) is 48.0 Å². The second kappa shape index (κ2) is 8.20. The van der Waals surface area contributed by atoms with Crippen LogP contribution in [-0.4, -0.2) is 51.5 Å². The molecular formula is C21H24N6O3S. The Kier molecular flexibility index (Phi) is 5.59. The molecule has 1 atom stereocenters. The summed E-state index contributed by atoms with van der Waals surface area (Å²) in [5.74, 6) is 0.143. The summed E-state index contributed by atoms with van der Waals surface area (Å²) in [4.78, 5) is 21.7. The molecule has 4 rings (SSSR count). The Bertz CT molecular complexity index is 1220. The summed E-state index contributed by atoms with van der Waals surface area (Å²) < 4.78 is 29.0. The zero-order valence-corrected chi connectivity index (χ0v) is 18.4. The second-order valence-corrected chi connectivity index (χ2v) is 9.52. The molecule has 0 saturated carbocycles. The summed E-state index contributed by atoms with van der Waals surface area (Å²) in [7, 11) is -1.91. The lowest BCUT2D eigenvalue weighted by Crippen LogP contribution is -2.29. The van der Waals surface area contributed by atoms with Gasteiger partial charge in [0.15, 0.2) is 0 Å². The molecule has 0 aliphatic carbocycles. The van der Waals surface area contributed by atoms with Crippen molar-refractivity contribution in [3.05, 3.63) is 65.5 Å². The molecule has 1 N–H and O–H groups in total. The quantitative estimate of drug-likeness (QED) is 0.652. The highest BCUT2D eigenvalue weighted by atomic mass is 32.2. The van der Waals surface area contributed by atoms with Crippen molar-refractivity contribution in [1.29, 1.82) is 0 Å². The monoisotopic (exact) mass is 440 g/mol. The highest BCUT2D eigenvalue weighted by Crippen LogP contribution is 2.30. The third-order valence-corrected chi connectivity index (χ3v) is 7.57. The SMILES string of the molecule is Cc1nc([C@@H]2CCN(S(=O)(=O)c3cnn(C)c3C)C2)ncc1C(=O)Nc1ccccc1. The maximum atomic E-state index is 13.0. The largest absolute Gasteiger partial charge is 0.322 e. The molecule has 1 amide bonds. The summed E-state index contributed by atoms with van der Waals surface area (Å²) in [6, 6.07) is 9.17. The average Bonchev–Trinajstić information content (AvgIpc) is 3.37. The predicted molar refractivity (Wildman–Crippen MR) is 115 cm³/mol. The zero-order chi connectivity index (χ0) is 22.2. The van der Waals surface area contributed by atoms with Crippen LogP contribution < -0.4 is 5.32 Å². The number of carbonyl (C=O) groups excluding carboxylic acids is 1. The van der Waals surface area contributed by atoms with Crippen LogP contribution in [0.15, 0.2) is 47.6 Å². The molecule has 1 aromatic carbocycles. The fourth-order valence-electron chi connectivity index (χ4n) is 3.65. The number of nitrogens with zero attached hydrogens (tertiary/aromatic N) is 5. The van der Waals surface area contributed by atoms with Crippen LogP contribution in [0.1, 0.15) is 39.9 Å². The number of sulfonamides is 1. The van der Waals surface area contributed by atoms with Crippen molar-refractivity contribution in [2.75, 3.05) is 18.4 Å². The molecule has 3 heterocycles. The Morgan fingerprint density at radius 3 is 2.55 bits per heavy atom. The van der Waals surface area contributed by atoms with E-state index in [9.17, 15) is 13.2 Å². The minimum absolute atomic E-state index is 0.128. The predicted octanol–water partition coefficient (Wildman–Crippen LogP) is 2.26. The summed E-state index contributed by atoms with van der Waals surface area (Å²) >= 11 is 0. The molecule has 162 valence electrons. The number of benzene rings is 1. The number of amides is 1. The van der Waals surface area contributed by atoms with E-state index in [2.05, 4.69) is 20.4 Å². The van der Waals surface area contributed by atoms with Crippen LogP contribution in [0.3, 0.4) is 0 Å². The lowest BCUT2D eigenvalue weighted by atomic mass is 10.1. The molecule has 0 bridgehead atoms. The van der Waals surface area contributed by atoms with Crippen LogP contribution >= 0.6 is 0 Å². The molecule has 1 aliphatic rings. The summed E-state index contributed by atoms with van der Waals surface area (Å²) in [5, 5.41) is 6.87. The van der Waals surface area contributed by atoms with Crippen molar-refractivity contribution in [3.63, 3.8) is 0 Å². The number of aryl methyl sites for hydroxylation is 2. The summed E-state index contributed by atoms with van der Waals surface area (Å²) in [5.41, 5.74) is 2.24. The molecule has 1 fully saturated rings. The van der Waals surface area contributed by atoms with Crippen LogP contribution in [0.25, 0.3) is 0 Å². The van der Waals surface area contributed by atoms with E-state index in [1.54, 1.807) is 37.7 Å². The summed E-state index contributed by atoms with van der Waals surface area (Å²) in [6.07, 6.45) is 3.52. The normalized spacial score (nSPS) is 17.1. The summed E-state index contributed by atoms with van der Waals surface area (Å²) in [6.45, 7) is 4.18. The van der Waals surface area contributed by atoms with Crippen LogP contribution in [-0.2, 0) is 17.1 Å². The van der Waals surface area contributed by atoms with Crippen LogP contribution in [0.5, 0.6) is 0 Å². The van der Waals surface area contributed by atoms with E-state index >= 15 is 0 Å². The van der Waals surface area contributed by atoms with E-state index in [0.717, 1.165) is 0 Å². The second-order valence-electron chi connectivity index (χ2n) is 7.61. The standard InChI is InChI=1S/C21H24N6O3S/c1-14-18(21(28)25-17-7-5-4-6-8-17)11-22-20(24-14)16-9-10-27(13-16)31(29,30)19-12-23-26(3)15(19)2/h4-8,11-12,16H,9-10,13H2,1-3H3,(H,25,28)/t16-/m1/s1. The minimum atomic E-state index is -3.63. The van der Waals surface area contributed by atoms with Gasteiger partial charge < -0.3 is 5.32 Å². The molecule has 0 unspecified atom stereocenters. The van der Waals surface area contributed by atoms with E-state index in [1.807, 2.05) is 18.2 Å². The molecule has 2 aromatic heterocycles. The lowest BCUT2D eigenvalue weighted by molar-refractivity contribution is 0.102. The van der Waals surface area contributed by atoms with Crippen molar-refractivity contribution in [3.8, 4) is 0 Å². The first kappa shape index (κ1) is 21.1. The molecule has 9 nitrogen and oxygen atoms in total. The number of carbonyl (C=O) groups is 1. The molecule has 1 aliphatic heterocycles. The van der Waals surface area contributed by atoms with Gasteiger partial charge in [-0.25, -0.2) is 18.4 Å². The molecule has 1 saturated heterocycles. The highest BCUT2D eigenvalue weighted by Gasteiger charge is 2.36. The van der Waals surface area contributed by atoms with Gasteiger partial charge in [0, 0.05) is 37.9 Å². The molecule has 31 heavy (non-hydrogen) atoms. The van der Waals surface area contributed by atoms with Crippen LogP contribution in [0.2, 0.25) is 0 Å². The number of nitrogens with one attached hydrogen (secondary N) is 1. The number of rotatable bonds is 5. The fraction of sp³-hybridized carbons (Fsp3) is 0.333. The van der Waals surface area contributed by atoms with Crippen molar-refractivity contribution < 1.29 is 13.2 Å². The Labute approximate surface area is 181 Å². The number of hydrogen-bond acceptors (Lipinski definition) is 6. The third kappa shape index (κ3) is 4.08. The van der Waals surface area contributed by atoms with Crippen LogP contribution in [0, 0.1) is 13.8 Å². The van der Waals surface area contributed by atoms with Gasteiger partial charge in [0.1, 0.15) is 10.7 Å². The smallest absolute Gasteiger partial charge is 0.259 e. The van der Waals surface area contributed by atoms with Crippen molar-refractivity contribution in [2.24, 2.45) is 7.05 Å². The minimum Gasteiger partial charge on any atom is -0.322 e. The first-order chi connectivity index (χ1) is 14.8. The van der Waals surface area contributed by atoms with Gasteiger partial charge >= 0.3 is 0 Å². The first-order valence-corrected chi connectivity index (χ1v) is 11.4. The van der Waals surface area contributed by atoms with Gasteiger partial charge in [0.25, 0.3) is 5.91 Å². The van der Waals surface area contributed by atoms with Gasteiger partial charge in [0.2, 0.25) is 10.0 Å². The van der Waals surface area contributed by atoms with E-state index in [-0.39, 0.29) is 16.7 Å². The van der Waals surface area contributed by atoms with Gasteiger partial charge in [-0.2, -0.15) is 9.40 Å². The number of aromatic nitrogens is 4. The molecule has 10 heteroatoms. The van der Waals surface area contributed by atoms with Gasteiger partial charge in [0.05, 0.1) is 23.1 Å². The van der Waals surface area contributed by atoms with Gasteiger partial charge in [-0.15, -0.1) is 0 Å². The molecule has 0 radical (unpaired) electrons. The highest BCUT2D eigenvalue weighted by molar-refractivity contribution is 7.89. The van der Waals surface area contributed by atoms with E-state index in [4.69, 9.17) is 0 Å². The Hall–Kier alpha value is -3.11. The fourth-order valence-corrected chi connectivity index (χ4v) is 5.34. The maximum absolute atomic E-state index is 13.0. The van der Waals surface area contributed by atoms with Gasteiger partial charge in [-0.3, -0.25) is 9.48 Å². The van der Waals surface area contributed by atoms with Crippen molar-refractivity contribution in [2.45, 2.75) is 31.1 Å². The van der Waals surface area contributed by atoms with Crippen molar-refractivity contribution in [1.82, 2.24) is 24.1 Å². The van der Waals surface area contributed by atoms with Gasteiger partial charge in [-0.1, -0.05) is 18.2 Å². The molecule has 0 spiro atoms. The Balaban J connectivity index is 1.49. The number of anilines is 1. The molecular weight excluding hydrogens is 416 g/mol. The van der Waals surface area contributed by atoms with E-state index < -0.39 is 10.0 Å². The Morgan fingerprint density at radius 1 is 1.16 bits per heavy atom. The lowest BCUT2D eigenvalue weighted by Gasteiger charge is -2.16. The van der Waals surface area contributed by atoms with Gasteiger partial charge in [-0.05, 0) is 32.4 Å². The topological polar surface area (TPSA) is 110 Å². The van der Waals surface area contributed by atoms with E-state index in [1.165, 1.54) is 16.7 Å². The first-order valence-electron chi connectivity index (χ1n) is 9.96. The average molecular weight is 441 g/mol. The van der Waals surface area contributed by atoms with Crippen LogP contribution in [0.4, 0.5) is 5.69 Å². The zero-order valence-electron chi connectivity index (χ0n) is 17.6. The number of para-hydroxylation sites is 1. The third-order valence-electron chi connectivity index (χ3n) is 5.60.